The van der Waals surface area contributed by atoms with Crippen molar-refractivity contribution in [1.29, 1.82) is 0 Å². The summed E-state index contributed by atoms with van der Waals surface area (Å²) in [6, 6.07) is 1.30. The van der Waals surface area contributed by atoms with Gasteiger partial charge in [-0.05, 0) is 12.1 Å². The summed E-state index contributed by atoms with van der Waals surface area (Å²) < 4.78 is 25.9. The summed E-state index contributed by atoms with van der Waals surface area (Å²) >= 11 is 0. The van der Waals surface area contributed by atoms with Gasteiger partial charge in [0.25, 0.3) is 0 Å². The Morgan fingerprint density at radius 3 is 2.50 bits per heavy atom. The molecule has 3 N–H and O–H groups in total. The Morgan fingerprint density at radius 2 is 2.00 bits per heavy atom. The third-order valence-electron chi connectivity index (χ3n) is 1.64. The molecule has 0 saturated heterocycles. The largest absolute Gasteiger partial charge is 0.478 e. The predicted octanol–water partition coefficient (Wildman–Crippen LogP) is 1.14. The van der Waals surface area contributed by atoms with Gasteiger partial charge in [0.1, 0.15) is 11.6 Å². The van der Waals surface area contributed by atoms with Crippen LogP contribution in [-0.2, 0) is 6.54 Å². The molecule has 0 amide bonds. The number of hydroxylamine groups is 1. The number of hydrogen-bond acceptors (Lipinski definition) is 3. The number of halogens is 2. The van der Waals surface area contributed by atoms with E-state index in [1.807, 2.05) is 0 Å². The van der Waals surface area contributed by atoms with Crippen LogP contribution >= 0.6 is 0 Å². The van der Waals surface area contributed by atoms with E-state index in [0.29, 0.717) is 6.07 Å². The van der Waals surface area contributed by atoms with Gasteiger partial charge in [-0.1, -0.05) is 0 Å². The summed E-state index contributed by atoms with van der Waals surface area (Å²) in [7, 11) is 0. The number of carboxylic acids is 1. The highest BCUT2D eigenvalue weighted by Gasteiger charge is 2.14. The smallest absolute Gasteiger partial charge is 0.338 e. The highest BCUT2D eigenvalue weighted by Crippen LogP contribution is 2.14. The van der Waals surface area contributed by atoms with Gasteiger partial charge in [0.05, 0.1) is 5.56 Å². The SMILES string of the molecule is O=C(O)c1cc(F)c(CNO)cc1F. The van der Waals surface area contributed by atoms with E-state index in [9.17, 15) is 13.6 Å². The Morgan fingerprint density at radius 1 is 1.36 bits per heavy atom. The quantitative estimate of drug-likeness (QED) is 0.644. The van der Waals surface area contributed by atoms with Gasteiger partial charge in [-0.3, -0.25) is 0 Å². The Balaban J connectivity index is 3.17. The summed E-state index contributed by atoms with van der Waals surface area (Å²) in [5.41, 5.74) is 0.771. The van der Waals surface area contributed by atoms with Crippen LogP contribution in [-0.4, -0.2) is 16.3 Å². The van der Waals surface area contributed by atoms with Crippen LogP contribution in [0.3, 0.4) is 0 Å². The molecule has 76 valence electrons. The zero-order valence-corrected chi connectivity index (χ0v) is 6.92. The second-order valence-electron chi connectivity index (χ2n) is 2.56. The average Bonchev–Trinajstić information content (AvgIpc) is 2.10. The van der Waals surface area contributed by atoms with E-state index in [1.54, 1.807) is 5.48 Å². The molecule has 14 heavy (non-hydrogen) atoms. The van der Waals surface area contributed by atoms with Crippen LogP contribution < -0.4 is 5.48 Å². The van der Waals surface area contributed by atoms with E-state index in [4.69, 9.17) is 10.3 Å². The number of benzene rings is 1. The van der Waals surface area contributed by atoms with E-state index in [1.165, 1.54) is 0 Å². The number of carboxylic acid groups (broad SMARTS) is 1. The molecule has 0 heterocycles. The fraction of sp³-hybridized carbons (Fsp3) is 0.125. The first-order chi connectivity index (χ1) is 6.56. The summed E-state index contributed by atoms with van der Waals surface area (Å²) in [6.07, 6.45) is 0. The Hall–Kier alpha value is -1.53. The van der Waals surface area contributed by atoms with Crippen LogP contribution in [0.2, 0.25) is 0 Å². The maximum absolute atomic E-state index is 13.0. The van der Waals surface area contributed by atoms with Gasteiger partial charge in [-0.15, -0.1) is 0 Å². The maximum Gasteiger partial charge on any atom is 0.338 e. The van der Waals surface area contributed by atoms with Crippen LogP contribution in [0.4, 0.5) is 8.78 Å². The number of aromatic carboxylic acids is 1. The normalized spacial score (nSPS) is 10.2. The third-order valence-corrected chi connectivity index (χ3v) is 1.64. The van der Waals surface area contributed by atoms with E-state index in [0.717, 1.165) is 6.07 Å². The first kappa shape index (κ1) is 10.6. The first-order valence-corrected chi connectivity index (χ1v) is 3.64. The van der Waals surface area contributed by atoms with Crippen LogP contribution in [0.1, 0.15) is 15.9 Å². The van der Waals surface area contributed by atoms with Gasteiger partial charge in [-0.25, -0.2) is 19.1 Å². The molecule has 1 rings (SSSR count). The number of rotatable bonds is 3. The molecule has 0 radical (unpaired) electrons. The second kappa shape index (κ2) is 4.12. The van der Waals surface area contributed by atoms with Crippen LogP contribution in [0.15, 0.2) is 12.1 Å². The van der Waals surface area contributed by atoms with Gasteiger partial charge < -0.3 is 10.3 Å². The lowest BCUT2D eigenvalue weighted by molar-refractivity contribution is 0.0691. The minimum absolute atomic E-state index is 0.144. The lowest BCUT2D eigenvalue weighted by Gasteiger charge is -2.03. The molecule has 1 aromatic carbocycles. The average molecular weight is 203 g/mol. The van der Waals surface area contributed by atoms with E-state index in [-0.39, 0.29) is 12.1 Å². The predicted molar refractivity (Wildman–Crippen MR) is 41.9 cm³/mol. The highest BCUT2D eigenvalue weighted by atomic mass is 19.1. The van der Waals surface area contributed by atoms with Crippen LogP contribution in [0.5, 0.6) is 0 Å². The molecule has 0 fully saturated rings. The van der Waals surface area contributed by atoms with Crippen molar-refractivity contribution in [1.82, 2.24) is 5.48 Å². The molecular formula is C8H7F2NO3. The summed E-state index contributed by atoms with van der Waals surface area (Å²) in [6.45, 7) is -0.289. The molecule has 1 aromatic rings. The van der Waals surface area contributed by atoms with Gasteiger partial charge in [-0.2, -0.15) is 0 Å². The fourth-order valence-corrected chi connectivity index (χ4v) is 0.973. The molecule has 0 aliphatic rings. The first-order valence-electron chi connectivity index (χ1n) is 3.64. The third kappa shape index (κ3) is 2.04. The van der Waals surface area contributed by atoms with E-state index < -0.39 is 23.2 Å². The molecule has 0 atom stereocenters. The number of hydrogen-bond donors (Lipinski definition) is 3. The molecule has 0 aromatic heterocycles. The highest BCUT2D eigenvalue weighted by molar-refractivity contribution is 5.87. The summed E-state index contributed by atoms with van der Waals surface area (Å²) in [4.78, 5) is 10.4. The topological polar surface area (TPSA) is 69.6 Å². The zero-order valence-electron chi connectivity index (χ0n) is 6.92. The minimum Gasteiger partial charge on any atom is -0.478 e. The fourth-order valence-electron chi connectivity index (χ4n) is 0.973. The molecule has 0 saturated carbocycles. The van der Waals surface area contributed by atoms with Gasteiger partial charge in [0.15, 0.2) is 0 Å². The molecule has 0 unspecified atom stereocenters. The Labute approximate surface area is 77.7 Å². The van der Waals surface area contributed by atoms with Crippen molar-refractivity contribution in [3.8, 4) is 0 Å². The van der Waals surface area contributed by atoms with E-state index in [2.05, 4.69) is 0 Å². The molecule has 0 spiro atoms. The van der Waals surface area contributed by atoms with Crippen LogP contribution in [0.25, 0.3) is 0 Å². The standard InChI is InChI=1S/C8H7F2NO3/c9-6-2-5(8(12)13)7(10)1-4(6)3-11-14/h1-2,11,14H,3H2,(H,12,13). The van der Waals surface area contributed by atoms with Crippen molar-refractivity contribution in [3.63, 3.8) is 0 Å². The molecule has 6 heteroatoms. The molecular weight excluding hydrogens is 196 g/mol. The number of carbonyl (C=O) groups is 1. The van der Waals surface area contributed by atoms with Crippen LogP contribution in [0, 0.1) is 11.6 Å². The lowest BCUT2D eigenvalue weighted by Crippen LogP contribution is -2.10. The summed E-state index contributed by atoms with van der Waals surface area (Å²) in [5, 5.41) is 16.7. The lowest BCUT2D eigenvalue weighted by atomic mass is 10.1. The van der Waals surface area contributed by atoms with Gasteiger partial charge in [0.2, 0.25) is 0 Å². The van der Waals surface area contributed by atoms with Crippen molar-refractivity contribution >= 4 is 5.97 Å². The second-order valence-corrected chi connectivity index (χ2v) is 2.56. The van der Waals surface area contributed by atoms with Crippen molar-refractivity contribution in [2.24, 2.45) is 0 Å². The maximum atomic E-state index is 13.0. The molecule has 0 bridgehead atoms. The van der Waals surface area contributed by atoms with Crippen molar-refractivity contribution < 1.29 is 23.9 Å². The van der Waals surface area contributed by atoms with Crippen molar-refractivity contribution in [2.75, 3.05) is 0 Å². The van der Waals surface area contributed by atoms with Crippen molar-refractivity contribution in [2.45, 2.75) is 6.54 Å². The molecule has 0 aliphatic carbocycles. The summed E-state index contributed by atoms with van der Waals surface area (Å²) in [5.74, 6) is -3.46. The van der Waals surface area contributed by atoms with Crippen molar-refractivity contribution in [3.05, 3.63) is 34.9 Å². The minimum atomic E-state index is -1.54. The Bertz CT molecular complexity index is 368. The zero-order chi connectivity index (χ0) is 10.7. The number of nitrogens with one attached hydrogen (secondary N) is 1. The molecule has 4 nitrogen and oxygen atoms in total. The van der Waals surface area contributed by atoms with E-state index >= 15 is 0 Å². The monoisotopic (exact) mass is 203 g/mol. The van der Waals surface area contributed by atoms with Gasteiger partial charge >= 0.3 is 5.97 Å². The molecule has 0 aliphatic heterocycles. The Kier molecular flexibility index (Phi) is 3.10. The van der Waals surface area contributed by atoms with Gasteiger partial charge in [0, 0.05) is 12.1 Å².